The van der Waals surface area contributed by atoms with Crippen molar-refractivity contribution in [3.05, 3.63) is 108 Å². The summed E-state index contributed by atoms with van der Waals surface area (Å²) in [5.74, 6) is 0.264. The molecule has 1 fully saturated rings. The number of nitrogens with zero attached hydrogens (tertiary/aromatic N) is 3. The minimum atomic E-state index is -0.234. The van der Waals surface area contributed by atoms with Gasteiger partial charge in [0.25, 0.3) is 0 Å². The number of amides is 1. The summed E-state index contributed by atoms with van der Waals surface area (Å²) in [5, 5.41) is 4.66. The van der Waals surface area contributed by atoms with Gasteiger partial charge >= 0.3 is 6.09 Å². The lowest BCUT2D eigenvalue weighted by Crippen LogP contribution is -2.38. The molecule has 0 saturated carbocycles. The number of aromatic nitrogens is 2. The van der Waals surface area contributed by atoms with Gasteiger partial charge in [0, 0.05) is 24.2 Å². The number of ether oxygens (including phenoxy) is 1. The van der Waals surface area contributed by atoms with Gasteiger partial charge in [-0.25, -0.2) is 4.79 Å². The molecule has 0 aliphatic carbocycles. The molecule has 4 rings (SSSR count). The molecule has 1 aliphatic rings. The maximum absolute atomic E-state index is 12.2. The summed E-state index contributed by atoms with van der Waals surface area (Å²) in [6.45, 7) is 9.79. The second-order valence-electron chi connectivity index (χ2n) is 8.96. The van der Waals surface area contributed by atoms with Crippen molar-refractivity contribution in [2.75, 3.05) is 19.7 Å². The lowest BCUT2D eigenvalue weighted by Gasteiger charge is -2.31. The molecule has 1 aromatic heterocycles. The van der Waals surface area contributed by atoms with E-state index in [-0.39, 0.29) is 12.0 Å². The van der Waals surface area contributed by atoms with Crippen LogP contribution in [0.1, 0.15) is 49.3 Å². The number of carbonyl (C=O) groups is 1. The van der Waals surface area contributed by atoms with Crippen LogP contribution in [0.15, 0.2) is 91.7 Å². The number of rotatable bonds is 9. The van der Waals surface area contributed by atoms with Crippen LogP contribution in [-0.2, 0) is 11.3 Å². The number of benzene rings is 2. The third kappa shape index (κ3) is 6.39. The highest BCUT2D eigenvalue weighted by molar-refractivity contribution is 5.78. The minimum absolute atomic E-state index is 0.234. The lowest BCUT2D eigenvalue weighted by atomic mass is 9.88. The maximum atomic E-state index is 12.2. The Kier molecular flexibility index (Phi) is 8.98. The molecule has 0 radical (unpaired) electrons. The second kappa shape index (κ2) is 12.8. The van der Waals surface area contributed by atoms with Gasteiger partial charge < -0.3 is 14.5 Å². The smallest absolute Gasteiger partial charge is 0.409 e. The van der Waals surface area contributed by atoms with Crippen molar-refractivity contribution in [3.63, 3.8) is 0 Å². The zero-order valence-corrected chi connectivity index (χ0v) is 21.7. The molecular weight excluding hydrogens is 462 g/mol. The number of likely N-dealkylation sites (tertiary alicyclic amines) is 1. The predicted molar refractivity (Wildman–Crippen MR) is 148 cm³/mol. The average Bonchev–Trinajstić information content (AvgIpc) is 3.37. The van der Waals surface area contributed by atoms with Gasteiger partial charge in [-0.1, -0.05) is 84.3 Å². The van der Waals surface area contributed by atoms with Crippen LogP contribution in [-0.4, -0.2) is 40.6 Å². The highest BCUT2D eigenvalue weighted by atomic mass is 16.7. The molecule has 0 atom stereocenters. The quantitative estimate of drug-likeness (QED) is 0.310. The number of hydrogen-bond acceptors (Lipinski definition) is 4. The van der Waals surface area contributed by atoms with E-state index < -0.39 is 0 Å². The fourth-order valence-corrected chi connectivity index (χ4v) is 4.69. The molecule has 1 aliphatic heterocycles. The van der Waals surface area contributed by atoms with Gasteiger partial charge in [0.15, 0.2) is 0 Å². The highest BCUT2D eigenvalue weighted by Gasteiger charge is 2.29. The summed E-state index contributed by atoms with van der Waals surface area (Å²) in [4.78, 5) is 21.9. The summed E-state index contributed by atoms with van der Waals surface area (Å²) < 4.78 is 5.20. The van der Waals surface area contributed by atoms with Gasteiger partial charge in [0.1, 0.15) is 12.3 Å². The van der Waals surface area contributed by atoms with E-state index in [2.05, 4.69) is 48.1 Å². The summed E-state index contributed by atoms with van der Waals surface area (Å²) in [6, 6.07) is 18.5. The first-order chi connectivity index (χ1) is 18.1. The van der Waals surface area contributed by atoms with E-state index in [4.69, 9.17) is 9.57 Å². The van der Waals surface area contributed by atoms with Crippen LogP contribution in [0, 0.1) is 0 Å². The molecule has 2 aromatic carbocycles. The van der Waals surface area contributed by atoms with Crippen LogP contribution in [0.2, 0.25) is 0 Å². The first-order valence-electron chi connectivity index (χ1n) is 12.9. The molecule has 1 saturated heterocycles. The van der Waals surface area contributed by atoms with Crippen molar-refractivity contribution >= 4 is 11.7 Å². The third-order valence-corrected chi connectivity index (χ3v) is 6.62. The zero-order valence-electron chi connectivity index (χ0n) is 21.7. The van der Waals surface area contributed by atoms with Gasteiger partial charge in [0.2, 0.25) is 0 Å². The third-order valence-electron chi connectivity index (χ3n) is 6.62. The predicted octanol–water partition coefficient (Wildman–Crippen LogP) is 6.66. The van der Waals surface area contributed by atoms with Crippen molar-refractivity contribution in [1.29, 1.82) is 0 Å². The topological polar surface area (TPSA) is 56.6 Å². The van der Waals surface area contributed by atoms with E-state index in [9.17, 15) is 4.79 Å². The van der Waals surface area contributed by atoms with Crippen molar-refractivity contribution in [2.45, 2.75) is 39.2 Å². The molecule has 1 amide bonds. The van der Waals surface area contributed by atoms with Crippen molar-refractivity contribution in [2.24, 2.45) is 0 Å². The Hall–Kier alpha value is -4.06. The van der Waals surface area contributed by atoms with Crippen LogP contribution < -0.4 is 4.84 Å². The van der Waals surface area contributed by atoms with E-state index in [1.807, 2.05) is 56.5 Å². The fourth-order valence-electron chi connectivity index (χ4n) is 4.69. The fraction of sp³-hybridized carbons (Fsp3) is 0.290. The van der Waals surface area contributed by atoms with E-state index in [1.54, 1.807) is 15.8 Å². The number of carbonyl (C=O) groups excluding carboxylic acids is 1. The van der Waals surface area contributed by atoms with Gasteiger partial charge in [-0.2, -0.15) is 0 Å². The largest absolute Gasteiger partial charge is 0.450 e. The van der Waals surface area contributed by atoms with Crippen LogP contribution in [0.3, 0.4) is 0 Å². The second-order valence-corrected chi connectivity index (χ2v) is 8.96. The molecule has 37 heavy (non-hydrogen) atoms. The van der Waals surface area contributed by atoms with Crippen LogP contribution >= 0.6 is 0 Å². The Labute approximate surface area is 219 Å². The monoisotopic (exact) mass is 497 g/mol. The van der Waals surface area contributed by atoms with Crippen LogP contribution in [0.4, 0.5) is 4.79 Å². The Morgan fingerprint density at radius 1 is 1.14 bits per heavy atom. The van der Waals surface area contributed by atoms with Crippen LogP contribution in [0.25, 0.3) is 16.8 Å². The zero-order chi connectivity index (χ0) is 26.0. The molecule has 0 unspecified atom stereocenters. The normalized spacial score (nSPS) is 14.6. The molecule has 0 spiro atoms. The molecule has 6 heteroatoms. The van der Waals surface area contributed by atoms with Crippen molar-refractivity contribution in [1.82, 2.24) is 14.8 Å². The van der Waals surface area contributed by atoms with E-state index in [0.717, 1.165) is 46.4 Å². The maximum Gasteiger partial charge on any atom is 0.409 e. The Balaban J connectivity index is 1.66. The van der Waals surface area contributed by atoms with Gasteiger partial charge in [-0.05, 0) is 55.4 Å². The highest BCUT2D eigenvalue weighted by Crippen LogP contribution is 2.36. The van der Waals surface area contributed by atoms with E-state index in [0.29, 0.717) is 26.3 Å². The summed E-state index contributed by atoms with van der Waals surface area (Å²) in [7, 11) is 0. The minimum Gasteiger partial charge on any atom is -0.450 e. The Bertz CT molecular complexity index is 1250. The standard InChI is InChI=1S/C31H35N3O3/c1-4-7-14-25(5-2)27-15-11-16-28(21-27)30-29(26-17-19-33(20-18-26)31(35)36-6-3)22-32-34(30)37-23-24-12-9-8-10-13-24/h4-5,7-16,21-22,26H,1,6,17-20,23H2,2-3H3/b14-7-,25-5+. The molecule has 6 nitrogen and oxygen atoms in total. The number of allylic oxidation sites excluding steroid dienone is 5. The van der Waals surface area contributed by atoms with Crippen molar-refractivity contribution in [3.8, 4) is 11.3 Å². The summed E-state index contributed by atoms with van der Waals surface area (Å²) in [5.41, 5.74) is 6.43. The van der Waals surface area contributed by atoms with Gasteiger partial charge in [-0.15, -0.1) is 5.10 Å². The molecule has 0 N–H and O–H groups in total. The van der Waals surface area contributed by atoms with Crippen molar-refractivity contribution < 1.29 is 14.4 Å². The number of hydrogen-bond donors (Lipinski definition) is 0. The Morgan fingerprint density at radius 3 is 2.62 bits per heavy atom. The Morgan fingerprint density at radius 2 is 1.92 bits per heavy atom. The number of piperidine rings is 1. The first kappa shape index (κ1) is 26.0. The first-order valence-corrected chi connectivity index (χ1v) is 12.9. The van der Waals surface area contributed by atoms with Gasteiger partial charge in [-0.3, -0.25) is 0 Å². The van der Waals surface area contributed by atoms with E-state index >= 15 is 0 Å². The molecule has 2 heterocycles. The molecule has 192 valence electrons. The van der Waals surface area contributed by atoms with Gasteiger partial charge in [0.05, 0.1) is 12.8 Å². The molecule has 0 bridgehead atoms. The average molecular weight is 498 g/mol. The molecule has 3 aromatic rings. The summed E-state index contributed by atoms with van der Waals surface area (Å²) in [6.07, 6.45) is 11.2. The summed E-state index contributed by atoms with van der Waals surface area (Å²) >= 11 is 0. The van der Waals surface area contributed by atoms with E-state index in [1.165, 1.54) is 0 Å². The van der Waals surface area contributed by atoms with Crippen LogP contribution in [0.5, 0.6) is 0 Å². The lowest BCUT2D eigenvalue weighted by molar-refractivity contribution is 0.0733. The molecular formula is C31H35N3O3. The SMILES string of the molecule is C=C/C=C\C(=C/C)c1cccc(-c2c(C3CCN(C(=O)OCC)CC3)cnn2OCc2ccccc2)c1.